The molecule has 7 nitrogen and oxygen atoms in total. The van der Waals surface area contributed by atoms with E-state index >= 15 is 0 Å². The average Bonchev–Trinajstić information content (AvgIpc) is 2.85. The lowest BCUT2D eigenvalue weighted by Crippen LogP contribution is -2.32. The van der Waals surface area contributed by atoms with Gasteiger partial charge in [0, 0.05) is 12.1 Å². The van der Waals surface area contributed by atoms with E-state index in [1.807, 2.05) is 0 Å². The molecule has 19 heavy (non-hydrogen) atoms. The second kappa shape index (κ2) is 5.37. The van der Waals surface area contributed by atoms with E-state index in [2.05, 4.69) is 20.0 Å². The van der Waals surface area contributed by atoms with Crippen molar-refractivity contribution < 1.29 is 13.2 Å². The number of carbonyl (C=O) groups is 1. The molecule has 102 valence electrons. The Morgan fingerprint density at radius 3 is 2.95 bits per heavy atom. The quantitative estimate of drug-likeness (QED) is 0.709. The number of hydrogen-bond acceptors (Lipinski definition) is 4. The highest BCUT2D eigenvalue weighted by Crippen LogP contribution is 2.11. The van der Waals surface area contributed by atoms with Crippen molar-refractivity contribution in [2.45, 2.75) is 0 Å². The summed E-state index contributed by atoms with van der Waals surface area (Å²) < 4.78 is 24.5. The first-order chi connectivity index (χ1) is 9.02. The van der Waals surface area contributed by atoms with Crippen LogP contribution in [0.4, 0.5) is 0 Å². The molecule has 0 atom stereocenters. The van der Waals surface area contributed by atoms with Crippen molar-refractivity contribution >= 4 is 27.0 Å². The largest absolute Gasteiger partial charge is 0.351 e. The monoisotopic (exact) mass is 282 g/mol. The Morgan fingerprint density at radius 1 is 1.42 bits per heavy atom. The van der Waals surface area contributed by atoms with Crippen LogP contribution in [-0.4, -0.2) is 43.6 Å². The van der Waals surface area contributed by atoms with Crippen LogP contribution in [0.25, 0.3) is 11.0 Å². The highest BCUT2D eigenvalue weighted by Gasteiger charge is 2.10. The van der Waals surface area contributed by atoms with Gasteiger partial charge in [-0.05, 0) is 25.2 Å². The predicted molar refractivity (Wildman–Crippen MR) is 71.3 cm³/mol. The van der Waals surface area contributed by atoms with Crippen molar-refractivity contribution in [2.24, 2.45) is 0 Å². The molecule has 1 heterocycles. The van der Waals surface area contributed by atoms with Gasteiger partial charge in [-0.25, -0.2) is 18.1 Å². The van der Waals surface area contributed by atoms with Gasteiger partial charge in [0.15, 0.2) is 0 Å². The maximum Gasteiger partial charge on any atom is 0.251 e. The third-order valence-electron chi connectivity index (χ3n) is 2.65. The summed E-state index contributed by atoms with van der Waals surface area (Å²) >= 11 is 0. The van der Waals surface area contributed by atoms with Gasteiger partial charge in [-0.15, -0.1) is 0 Å². The van der Waals surface area contributed by atoms with E-state index in [1.54, 1.807) is 24.5 Å². The van der Waals surface area contributed by atoms with E-state index in [1.165, 1.54) is 7.05 Å². The number of nitrogens with zero attached hydrogens (tertiary/aromatic N) is 1. The van der Waals surface area contributed by atoms with Crippen LogP contribution in [0.1, 0.15) is 10.4 Å². The molecule has 1 amide bonds. The first-order valence-corrected chi connectivity index (χ1v) is 7.29. The lowest BCUT2D eigenvalue weighted by molar-refractivity contribution is 0.0956. The van der Waals surface area contributed by atoms with E-state index in [-0.39, 0.29) is 18.2 Å². The van der Waals surface area contributed by atoms with Gasteiger partial charge in [-0.3, -0.25) is 4.79 Å². The Labute approximate surface area is 110 Å². The van der Waals surface area contributed by atoms with Gasteiger partial charge in [-0.2, -0.15) is 0 Å². The Kier molecular flexibility index (Phi) is 3.82. The summed E-state index contributed by atoms with van der Waals surface area (Å²) in [5, 5.41) is 2.55. The first kappa shape index (κ1) is 13.5. The predicted octanol–water partition coefficient (Wildman–Crippen LogP) is -0.158. The Balaban J connectivity index is 2.00. The highest BCUT2D eigenvalue weighted by molar-refractivity contribution is 7.89. The Hall–Kier alpha value is -1.93. The molecule has 0 saturated heterocycles. The molecule has 2 rings (SSSR count). The summed E-state index contributed by atoms with van der Waals surface area (Å²) in [5.41, 5.74) is 1.99. The summed E-state index contributed by atoms with van der Waals surface area (Å²) in [4.78, 5) is 18.8. The molecule has 2 aromatic rings. The number of H-pyrrole nitrogens is 1. The number of aromatic amines is 1. The van der Waals surface area contributed by atoms with Crippen LogP contribution in [0.2, 0.25) is 0 Å². The van der Waals surface area contributed by atoms with E-state index < -0.39 is 10.0 Å². The lowest BCUT2D eigenvalue weighted by Gasteiger charge is -2.05. The molecule has 8 heteroatoms. The fourth-order valence-electron chi connectivity index (χ4n) is 1.58. The number of hydrogen-bond donors (Lipinski definition) is 3. The van der Waals surface area contributed by atoms with Gasteiger partial charge in [-0.1, -0.05) is 0 Å². The van der Waals surface area contributed by atoms with Crippen LogP contribution in [0.3, 0.4) is 0 Å². The third kappa shape index (κ3) is 3.30. The maximum atomic E-state index is 11.8. The zero-order valence-corrected chi connectivity index (χ0v) is 11.1. The Morgan fingerprint density at radius 2 is 2.21 bits per heavy atom. The molecule has 0 fully saturated rings. The first-order valence-electron chi connectivity index (χ1n) is 5.64. The molecule has 0 spiro atoms. The zero-order chi connectivity index (χ0) is 13.9. The standard InChI is InChI=1S/C11H14N4O3S/c1-12-19(17,18)5-4-13-11(16)8-2-3-9-10(6-8)15-7-14-9/h2-3,6-7,12H,4-5H2,1H3,(H,13,16)(H,14,15). The average molecular weight is 282 g/mol. The second-order valence-corrected chi connectivity index (χ2v) is 5.96. The second-order valence-electron chi connectivity index (χ2n) is 3.91. The van der Waals surface area contributed by atoms with Gasteiger partial charge in [0.1, 0.15) is 0 Å². The number of carbonyl (C=O) groups excluding carboxylic acids is 1. The van der Waals surface area contributed by atoms with Crippen LogP contribution in [0.5, 0.6) is 0 Å². The van der Waals surface area contributed by atoms with Crippen molar-refractivity contribution in [1.82, 2.24) is 20.0 Å². The van der Waals surface area contributed by atoms with Gasteiger partial charge >= 0.3 is 0 Å². The van der Waals surface area contributed by atoms with Gasteiger partial charge in [0.2, 0.25) is 10.0 Å². The summed E-state index contributed by atoms with van der Waals surface area (Å²) in [6.07, 6.45) is 1.55. The number of benzene rings is 1. The molecule has 3 N–H and O–H groups in total. The molecule has 0 unspecified atom stereocenters. The molecule has 0 aliphatic heterocycles. The van der Waals surface area contributed by atoms with Crippen LogP contribution >= 0.6 is 0 Å². The zero-order valence-electron chi connectivity index (χ0n) is 10.3. The number of amides is 1. The van der Waals surface area contributed by atoms with Crippen molar-refractivity contribution in [3.05, 3.63) is 30.1 Å². The molecule has 0 bridgehead atoms. The van der Waals surface area contributed by atoms with E-state index in [4.69, 9.17) is 0 Å². The minimum atomic E-state index is -3.30. The van der Waals surface area contributed by atoms with Crippen molar-refractivity contribution in [3.8, 4) is 0 Å². The summed E-state index contributed by atoms with van der Waals surface area (Å²) in [6.45, 7) is 0.0586. The Bertz CT molecular complexity index is 693. The molecule has 0 aliphatic carbocycles. The van der Waals surface area contributed by atoms with Crippen molar-refractivity contribution in [3.63, 3.8) is 0 Å². The minimum Gasteiger partial charge on any atom is -0.351 e. The van der Waals surface area contributed by atoms with E-state index in [0.29, 0.717) is 5.56 Å². The normalized spacial score (nSPS) is 11.6. The smallest absolute Gasteiger partial charge is 0.251 e. The molecule has 0 radical (unpaired) electrons. The van der Waals surface area contributed by atoms with Gasteiger partial charge in [0.25, 0.3) is 5.91 Å². The molecule has 0 saturated carbocycles. The number of sulfonamides is 1. The molecular formula is C11H14N4O3S. The van der Waals surface area contributed by atoms with E-state index in [9.17, 15) is 13.2 Å². The molecule has 1 aromatic heterocycles. The number of imidazole rings is 1. The lowest BCUT2D eigenvalue weighted by atomic mass is 10.2. The summed E-state index contributed by atoms with van der Waals surface area (Å²) in [6, 6.07) is 5.04. The van der Waals surface area contributed by atoms with Crippen LogP contribution in [-0.2, 0) is 10.0 Å². The summed E-state index contributed by atoms with van der Waals surface area (Å²) in [7, 11) is -1.97. The molecule has 0 aliphatic rings. The number of fused-ring (bicyclic) bond motifs is 1. The summed E-state index contributed by atoms with van der Waals surface area (Å²) in [5.74, 6) is -0.468. The minimum absolute atomic E-state index is 0.0586. The highest BCUT2D eigenvalue weighted by atomic mass is 32.2. The number of nitrogens with one attached hydrogen (secondary N) is 3. The van der Waals surface area contributed by atoms with Crippen molar-refractivity contribution in [2.75, 3.05) is 19.3 Å². The topological polar surface area (TPSA) is 104 Å². The van der Waals surface area contributed by atoms with Gasteiger partial charge < -0.3 is 10.3 Å². The van der Waals surface area contributed by atoms with Gasteiger partial charge in [0.05, 0.1) is 23.1 Å². The SMILES string of the molecule is CNS(=O)(=O)CCNC(=O)c1ccc2nc[nH]c2c1. The fraction of sp³-hybridized carbons (Fsp3) is 0.273. The third-order valence-corrected chi connectivity index (χ3v) is 4.01. The maximum absolute atomic E-state index is 11.8. The number of rotatable bonds is 5. The van der Waals surface area contributed by atoms with Crippen LogP contribution in [0, 0.1) is 0 Å². The fourth-order valence-corrected chi connectivity index (χ4v) is 2.15. The van der Waals surface area contributed by atoms with Crippen LogP contribution in [0.15, 0.2) is 24.5 Å². The van der Waals surface area contributed by atoms with E-state index in [0.717, 1.165) is 11.0 Å². The van der Waals surface area contributed by atoms with Crippen LogP contribution < -0.4 is 10.0 Å². The van der Waals surface area contributed by atoms with Crippen molar-refractivity contribution in [1.29, 1.82) is 0 Å². The number of aromatic nitrogens is 2. The molecule has 1 aromatic carbocycles. The molecular weight excluding hydrogens is 268 g/mol.